The monoisotopic (exact) mass is 165 g/mol. The van der Waals surface area contributed by atoms with Gasteiger partial charge in [-0.2, -0.15) is 5.10 Å². The summed E-state index contributed by atoms with van der Waals surface area (Å²) in [6.07, 6.45) is 4.20. The number of hydrogen-bond acceptors (Lipinski definition) is 2. The molecule has 3 heteroatoms. The van der Waals surface area contributed by atoms with Crippen molar-refractivity contribution < 1.29 is 0 Å². The van der Waals surface area contributed by atoms with Crippen LogP contribution in [0.5, 0.6) is 0 Å². The molecule has 1 unspecified atom stereocenters. The summed E-state index contributed by atoms with van der Waals surface area (Å²) in [7, 11) is 0. The molecular formula is C9H15N3. The average Bonchev–Trinajstić information content (AvgIpc) is 2.74. The minimum absolute atomic E-state index is 0.593. The molecule has 0 aromatic carbocycles. The van der Waals surface area contributed by atoms with E-state index in [1.165, 1.54) is 12.1 Å². The van der Waals surface area contributed by atoms with Gasteiger partial charge in [0, 0.05) is 18.4 Å². The van der Waals surface area contributed by atoms with E-state index in [0.29, 0.717) is 6.04 Å². The lowest BCUT2D eigenvalue weighted by molar-refractivity contribution is 0.473. The molecule has 0 radical (unpaired) electrons. The molecule has 1 aliphatic heterocycles. The lowest BCUT2D eigenvalue weighted by Gasteiger charge is -2.12. The van der Waals surface area contributed by atoms with Gasteiger partial charge in [-0.25, -0.2) is 0 Å². The van der Waals surface area contributed by atoms with Gasteiger partial charge in [-0.1, -0.05) is 6.92 Å². The number of aromatic nitrogens is 2. The van der Waals surface area contributed by atoms with Crippen LogP contribution in [0.1, 0.15) is 25.1 Å². The summed E-state index contributed by atoms with van der Waals surface area (Å²) in [4.78, 5) is 0. The summed E-state index contributed by atoms with van der Waals surface area (Å²) in [6.45, 7) is 4.39. The van der Waals surface area contributed by atoms with Gasteiger partial charge in [0.1, 0.15) is 0 Å². The second-order valence-corrected chi connectivity index (χ2v) is 3.27. The minimum atomic E-state index is 0.593. The Morgan fingerprint density at radius 3 is 3.33 bits per heavy atom. The van der Waals surface area contributed by atoms with E-state index in [9.17, 15) is 0 Å². The van der Waals surface area contributed by atoms with Crippen molar-refractivity contribution in [3.05, 3.63) is 18.0 Å². The Hall–Kier alpha value is -0.830. The first-order chi connectivity index (χ1) is 5.92. The van der Waals surface area contributed by atoms with E-state index in [4.69, 9.17) is 0 Å². The number of rotatable bonds is 2. The molecule has 0 amide bonds. The Morgan fingerprint density at radius 1 is 1.75 bits per heavy atom. The Balaban J connectivity index is 2.19. The van der Waals surface area contributed by atoms with Gasteiger partial charge in [0.2, 0.25) is 0 Å². The first kappa shape index (κ1) is 7.80. The molecular weight excluding hydrogens is 150 g/mol. The highest BCUT2D eigenvalue weighted by Gasteiger charge is 2.18. The Labute approximate surface area is 72.8 Å². The molecule has 2 rings (SSSR count). The van der Waals surface area contributed by atoms with Gasteiger partial charge < -0.3 is 5.32 Å². The molecule has 1 aromatic rings. The SMILES string of the molecule is CCc1ccnn1C1CCNC1. The van der Waals surface area contributed by atoms with Gasteiger partial charge in [-0.05, 0) is 25.5 Å². The smallest absolute Gasteiger partial charge is 0.0658 e. The maximum absolute atomic E-state index is 4.35. The molecule has 0 aliphatic carbocycles. The molecule has 1 aromatic heterocycles. The third-order valence-corrected chi connectivity index (χ3v) is 2.49. The minimum Gasteiger partial charge on any atom is -0.315 e. The van der Waals surface area contributed by atoms with E-state index < -0.39 is 0 Å². The van der Waals surface area contributed by atoms with E-state index in [1.807, 2.05) is 6.20 Å². The van der Waals surface area contributed by atoms with Crippen LogP contribution in [0.3, 0.4) is 0 Å². The average molecular weight is 165 g/mol. The van der Waals surface area contributed by atoms with Crippen molar-refractivity contribution in [1.82, 2.24) is 15.1 Å². The largest absolute Gasteiger partial charge is 0.315 e. The van der Waals surface area contributed by atoms with Crippen LogP contribution >= 0.6 is 0 Å². The fraction of sp³-hybridized carbons (Fsp3) is 0.667. The van der Waals surface area contributed by atoms with Crippen molar-refractivity contribution in [2.24, 2.45) is 0 Å². The summed E-state index contributed by atoms with van der Waals surface area (Å²) >= 11 is 0. The second-order valence-electron chi connectivity index (χ2n) is 3.27. The summed E-state index contributed by atoms with van der Waals surface area (Å²) in [5, 5.41) is 7.70. The summed E-state index contributed by atoms with van der Waals surface area (Å²) in [5.41, 5.74) is 1.35. The molecule has 0 bridgehead atoms. The maximum atomic E-state index is 4.35. The quantitative estimate of drug-likeness (QED) is 0.708. The lowest BCUT2D eigenvalue weighted by atomic mass is 10.2. The van der Waals surface area contributed by atoms with Crippen LogP contribution in [0, 0.1) is 0 Å². The molecule has 1 aliphatic rings. The number of nitrogens with one attached hydrogen (secondary N) is 1. The van der Waals surface area contributed by atoms with E-state index in [0.717, 1.165) is 19.5 Å². The summed E-state index contributed by atoms with van der Waals surface area (Å²) in [5.74, 6) is 0. The van der Waals surface area contributed by atoms with Crippen molar-refractivity contribution >= 4 is 0 Å². The van der Waals surface area contributed by atoms with Gasteiger partial charge in [0.15, 0.2) is 0 Å². The molecule has 0 spiro atoms. The third-order valence-electron chi connectivity index (χ3n) is 2.49. The zero-order chi connectivity index (χ0) is 8.39. The molecule has 3 nitrogen and oxygen atoms in total. The molecule has 1 N–H and O–H groups in total. The number of nitrogens with zero attached hydrogens (tertiary/aromatic N) is 2. The van der Waals surface area contributed by atoms with Crippen molar-refractivity contribution in [2.75, 3.05) is 13.1 Å². The van der Waals surface area contributed by atoms with Gasteiger partial charge in [0.25, 0.3) is 0 Å². The fourth-order valence-corrected chi connectivity index (χ4v) is 1.80. The van der Waals surface area contributed by atoms with Crippen LogP contribution in [0.25, 0.3) is 0 Å². The lowest BCUT2D eigenvalue weighted by Crippen LogP contribution is -2.16. The third kappa shape index (κ3) is 1.25. The van der Waals surface area contributed by atoms with Gasteiger partial charge in [0.05, 0.1) is 6.04 Å². The van der Waals surface area contributed by atoms with Crippen LogP contribution < -0.4 is 5.32 Å². The molecule has 1 atom stereocenters. The molecule has 2 heterocycles. The number of hydrogen-bond donors (Lipinski definition) is 1. The van der Waals surface area contributed by atoms with E-state index in [1.54, 1.807) is 0 Å². The topological polar surface area (TPSA) is 29.9 Å². The van der Waals surface area contributed by atoms with Crippen molar-refractivity contribution in [1.29, 1.82) is 0 Å². The fourth-order valence-electron chi connectivity index (χ4n) is 1.80. The Morgan fingerprint density at radius 2 is 2.67 bits per heavy atom. The second kappa shape index (κ2) is 3.27. The highest BCUT2D eigenvalue weighted by Crippen LogP contribution is 2.16. The van der Waals surface area contributed by atoms with Crippen molar-refractivity contribution in [3.8, 4) is 0 Å². The molecule has 12 heavy (non-hydrogen) atoms. The zero-order valence-corrected chi connectivity index (χ0v) is 7.45. The normalized spacial score (nSPS) is 23.2. The van der Waals surface area contributed by atoms with Crippen molar-refractivity contribution in [3.63, 3.8) is 0 Å². The Bertz CT molecular complexity index is 248. The van der Waals surface area contributed by atoms with Crippen LogP contribution in [-0.2, 0) is 6.42 Å². The maximum Gasteiger partial charge on any atom is 0.0658 e. The van der Waals surface area contributed by atoms with E-state index >= 15 is 0 Å². The summed E-state index contributed by atoms with van der Waals surface area (Å²) in [6, 6.07) is 2.70. The zero-order valence-electron chi connectivity index (χ0n) is 7.45. The van der Waals surface area contributed by atoms with Crippen LogP contribution in [0.4, 0.5) is 0 Å². The van der Waals surface area contributed by atoms with Crippen LogP contribution in [-0.4, -0.2) is 22.9 Å². The van der Waals surface area contributed by atoms with Crippen LogP contribution in [0.15, 0.2) is 12.3 Å². The standard InChI is InChI=1S/C9H15N3/c1-2-8-4-6-11-12(8)9-3-5-10-7-9/h4,6,9-10H,2-3,5,7H2,1H3. The first-order valence-electron chi connectivity index (χ1n) is 4.65. The molecule has 0 saturated carbocycles. The van der Waals surface area contributed by atoms with Gasteiger partial charge in [-0.15, -0.1) is 0 Å². The highest BCUT2D eigenvalue weighted by atomic mass is 15.3. The van der Waals surface area contributed by atoms with E-state index in [2.05, 4.69) is 28.1 Å². The van der Waals surface area contributed by atoms with Crippen LogP contribution in [0.2, 0.25) is 0 Å². The number of aryl methyl sites for hydroxylation is 1. The molecule has 1 fully saturated rings. The summed E-state index contributed by atoms with van der Waals surface area (Å²) < 4.78 is 2.17. The Kier molecular flexibility index (Phi) is 2.13. The predicted molar refractivity (Wildman–Crippen MR) is 48.1 cm³/mol. The molecule has 66 valence electrons. The van der Waals surface area contributed by atoms with E-state index in [-0.39, 0.29) is 0 Å². The van der Waals surface area contributed by atoms with Gasteiger partial charge >= 0.3 is 0 Å². The van der Waals surface area contributed by atoms with Gasteiger partial charge in [-0.3, -0.25) is 4.68 Å². The molecule has 1 saturated heterocycles. The highest BCUT2D eigenvalue weighted by molar-refractivity contribution is 5.02. The first-order valence-corrected chi connectivity index (χ1v) is 4.65. The van der Waals surface area contributed by atoms with Crippen molar-refractivity contribution in [2.45, 2.75) is 25.8 Å². The predicted octanol–water partition coefficient (Wildman–Crippen LogP) is 0.980.